The van der Waals surface area contributed by atoms with E-state index in [0.717, 1.165) is 99.6 Å². The number of nitrogens with zero attached hydrogens (tertiary/aromatic N) is 7. The molecular formula is C44H59Cl2N7O4. The lowest BCUT2D eigenvalue weighted by Crippen LogP contribution is -2.49. The number of nitriles is 1. The van der Waals surface area contributed by atoms with Crippen LogP contribution >= 0.6 is 23.2 Å². The highest BCUT2D eigenvalue weighted by atomic mass is 35.5. The zero-order chi connectivity index (χ0) is 40.6. The average Bonchev–Trinajstić information content (AvgIpc) is 3.20. The Bertz CT molecular complexity index is 1820. The Labute approximate surface area is 349 Å². The lowest BCUT2D eigenvalue weighted by molar-refractivity contribution is 0.0162. The molecule has 0 saturated carbocycles. The van der Waals surface area contributed by atoms with E-state index >= 15 is 0 Å². The van der Waals surface area contributed by atoms with Gasteiger partial charge in [0.15, 0.2) is 5.75 Å². The fourth-order valence-corrected chi connectivity index (χ4v) is 8.42. The summed E-state index contributed by atoms with van der Waals surface area (Å²) in [6, 6.07) is 15.8. The van der Waals surface area contributed by atoms with Gasteiger partial charge in [-0.05, 0) is 113 Å². The third-order valence-corrected chi connectivity index (χ3v) is 12.0. The van der Waals surface area contributed by atoms with Crippen LogP contribution in [-0.2, 0) is 16.8 Å². The summed E-state index contributed by atoms with van der Waals surface area (Å²) in [7, 11) is 0. The number of hydrogen-bond acceptors (Lipinski definition) is 10. The van der Waals surface area contributed by atoms with E-state index in [1.807, 2.05) is 74.3 Å². The molecule has 0 radical (unpaired) electrons. The third kappa shape index (κ3) is 11.7. The number of alkyl halides is 1. The van der Waals surface area contributed by atoms with E-state index < -0.39 is 11.0 Å². The molecule has 1 amide bonds. The monoisotopic (exact) mass is 819 g/mol. The predicted molar refractivity (Wildman–Crippen MR) is 226 cm³/mol. The van der Waals surface area contributed by atoms with Crippen LogP contribution in [0.1, 0.15) is 82.7 Å². The van der Waals surface area contributed by atoms with Crippen LogP contribution in [0.4, 0.5) is 10.7 Å². The Morgan fingerprint density at radius 1 is 0.842 bits per heavy atom. The molecule has 0 spiro atoms. The highest BCUT2D eigenvalue weighted by molar-refractivity contribution is 6.32. The second-order valence-electron chi connectivity index (χ2n) is 17.2. The van der Waals surface area contributed by atoms with E-state index in [-0.39, 0.29) is 12.7 Å². The van der Waals surface area contributed by atoms with Gasteiger partial charge in [0.25, 0.3) is 0 Å². The minimum absolute atomic E-state index is 0.173. The maximum Gasteiger partial charge on any atom is 0.410 e. The molecule has 0 aliphatic carbocycles. The minimum atomic E-state index is -0.445. The van der Waals surface area contributed by atoms with E-state index in [4.69, 9.17) is 42.4 Å². The first kappa shape index (κ1) is 42.8. The molecule has 0 bridgehead atoms. The molecule has 308 valence electrons. The van der Waals surface area contributed by atoms with Gasteiger partial charge in [0.1, 0.15) is 30.6 Å². The Morgan fingerprint density at radius 3 is 2.09 bits per heavy atom. The second kappa shape index (κ2) is 19.3. The maximum atomic E-state index is 12.4. The van der Waals surface area contributed by atoms with Crippen molar-refractivity contribution in [3.63, 3.8) is 0 Å². The van der Waals surface area contributed by atoms with E-state index in [9.17, 15) is 10.1 Å². The predicted octanol–water partition coefficient (Wildman–Crippen LogP) is 8.01. The van der Waals surface area contributed by atoms with Crippen molar-refractivity contribution in [1.82, 2.24) is 24.7 Å². The molecule has 3 aliphatic rings. The summed E-state index contributed by atoms with van der Waals surface area (Å²) >= 11 is 12.3. The van der Waals surface area contributed by atoms with E-state index in [0.29, 0.717) is 34.7 Å². The number of amides is 1. The molecule has 3 saturated heterocycles. The molecule has 2 aromatic carbocycles. The Morgan fingerprint density at radius 2 is 1.47 bits per heavy atom. The minimum Gasteiger partial charge on any atom is -0.489 e. The van der Waals surface area contributed by atoms with Gasteiger partial charge in [0.2, 0.25) is 5.95 Å². The van der Waals surface area contributed by atoms with Crippen LogP contribution in [0.3, 0.4) is 0 Å². The number of benzene rings is 2. The number of likely N-dealkylation sites (tertiary alicyclic amines) is 2. The van der Waals surface area contributed by atoms with Crippen molar-refractivity contribution < 1.29 is 19.0 Å². The number of rotatable bonds is 13. The van der Waals surface area contributed by atoms with E-state index in [1.165, 1.54) is 25.9 Å². The number of aromatic nitrogens is 2. The number of piperazine rings is 1. The second-order valence-corrected chi connectivity index (χ2v) is 18.0. The lowest BCUT2D eigenvalue weighted by atomic mass is 9.77. The Balaban J connectivity index is 0.914. The van der Waals surface area contributed by atoms with Crippen molar-refractivity contribution >= 4 is 35.2 Å². The van der Waals surface area contributed by atoms with Crippen molar-refractivity contribution in [2.75, 3.05) is 82.8 Å². The molecule has 3 aliphatic heterocycles. The molecule has 0 N–H and O–H groups in total. The average molecular weight is 821 g/mol. The lowest BCUT2D eigenvalue weighted by Gasteiger charge is -2.40. The zero-order valence-electron chi connectivity index (χ0n) is 34.3. The molecule has 11 nitrogen and oxygen atoms in total. The molecule has 13 heteroatoms. The van der Waals surface area contributed by atoms with E-state index in [1.54, 1.807) is 0 Å². The molecule has 0 unspecified atom stereocenters. The molecule has 1 aromatic heterocycles. The quantitative estimate of drug-likeness (QED) is 0.158. The summed E-state index contributed by atoms with van der Waals surface area (Å²) in [5, 5.41) is 10.2. The number of piperidine rings is 2. The number of hydrogen-bond donors (Lipinski definition) is 0. The summed E-state index contributed by atoms with van der Waals surface area (Å²) in [4.78, 5) is 31.4. The van der Waals surface area contributed by atoms with Gasteiger partial charge in [0, 0.05) is 64.0 Å². The number of carbonyl (C=O) groups excluding carboxylic acids is 1. The van der Waals surface area contributed by atoms with Crippen molar-refractivity contribution in [1.29, 1.82) is 5.26 Å². The van der Waals surface area contributed by atoms with Gasteiger partial charge in [-0.1, -0.05) is 37.6 Å². The van der Waals surface area contributed by atoms with Crippen LogP contribution in [0.2, 0.25) is 5.02 Å². The zero-order valence-corrected chi connectivity index (χ0v) is 35.8. The van der Waals surface area contributed by atoms with Gasteiger partial charge in [-0.2, -0.15) is 5.26 Å². The van der Waals surface area contributed by atoms with Crippen molar-refractivity contribution in [3.8, 4) is 17.6 Å². The number of carbonyl (C=O) groups is 1. The number of anilines is 1. The highest BCUT2D eigenvalue weighted by Gasteiger charge is 2.30. The molecule has 4 heterocycles. The summed E-state index contributed by atoms with van der Waals surface area (Å²) in [5.74, 6) is 3.57. The topological polar surface area (TPSA) is 107 Å². The van der Waals surface area contributed by atoms with Gasteiger partial charge >= 0.3 is 6.09 Å². The van der Waals surface area contributed by atoms with Gasteiger partial charge in [0.05, 0.1) is 22.2 Å². The fourth-order valence-electron chi connectivity index (χ4n) is 8.07. The molecule has 0 atom stereocenters. The maximum absolute atomic E-state index is 12.4. The standard InChI is InChI=1S/C44H59Cl2N7O4/c1-43(2,3)57-42(54)53-19-13-33(14-20-53)29-50-17-11-32(12-18-50)30-51-21-23-52(24-22-51)41-48-16-10-37(49-41)31-56-38-8-6-35(7-9-38)44(4,5)36-26-34(28-47)40(39(46)27-36)55-25-15-45/h6-10,16,26-27,32-33H,11-15,17-25,29-31H2,1-5H3. The summed E-state index contributed by atoms with van der Waals surface area (Å²) in [5.41, 5.74) is 2.32. The van der Waals surface area contributed by atoms with Crippen molar-refractivity contribution in [2.45, 2.75) is 77.9 Å². The summed E-state index contributed by atoms with van der Waals surface area (Å²) in [6.45, 7) is 20.7. The summed E-state index contributed by atoms with van der Waals surface area (Å²) < 4.78 is 17.4. The van der Waals surface area contributed by atoms with Gasteiger partial charge < -0.3 is 28.9 Å². The number of halogens is 2. The molecule has 6 rings (SSSR count). The van der Waals surface area contributed by atoms with E-state index in [2.05, 4.69) is 39.6 Å². The fraction of sp³-hybridized carbons (Fsp3) is 0.591. The third-order valence-electron chi connectivity index (χ3n) is 11.5. The van der Waals surface area contributed by atoms with Crippen LogP contribution < -0.4 is 14.4 Å². The molecule has 57 heavy (non-hydrogen) atoms. The summed E-state index contributed by atoms with van der Waals surface area (Å²) in [6.07, 6.45) is 6.27. The Kier molecular flexibility index (Phi) is 14.5. The van der Waals surface area contributed by atoms with Gasteiger partial charge in [-0.3, -0.25) is 4.90 Å². The first-order valence-corrected chi connectivity index (χ1v) is 21.4. The largest absolute Gasteiger partial charge is 0.489 e. The van der Waals surface area contributed by atoms with Crippen LogP contribution in [0.15, 0.2) is 48.7 Å². The number of ether oxygens (including phenoxy) is 3. The first-order chi connectivity index (χ1) is 27.3. The van der Waals surface area contributed by atoms with Crippen molar-refractivity contribution in [3.05, 3.63) is 76.1 Å². The smallest absolute Gasteiger partial charge is 0.410 e. The first-order valence-electron chi connectivity index (χ1n) is 20.5. The van der Waals surface area contributed by atoms with Crippen molar-refractivity contribution in [2.24, 2.45) is 11.8 Å². The van der Waals surface area contributed by atoms with Gasteiger partial charge in [-0.15, -0.1) is 11.6 Å². The van der Waals surface area contributed by atoms with Gasteiger partial charge in [-0.25, -0.2) is 14.8 Å². The SMILES string of the molecule is CC(C)(C)OC(=O)N1CCC(CN2CCC(CN3CCN(c4nccc(COc5ccc(C(C)(C)c6cc(Cl)c(OCCCl)c(C#N)c6)cc5)n4)CC3)CC2)CC1. The molecule has 3 fully saturated rings. The van der Waals surface area contributed by atoms with Crippen LogP contribution in [0, 0.1) is 23.2 Å². The van der Waals surface area contributed by atoms with Crippen LogP contribution in [0.5, 0.6) is 11.5 Å². The van der Waals surface area contributed by atoms with Crippen LogP contribution in [0.25, 0.3) is 0 Å². The Hall–Kier alpha value is -3.82. The normalized spacial score (nSPS) is 18.0. The molecule has 3 aromatic rings. The highest BCUT2D eigenvalue weighted by Crippen LogP contribution is 2.39. The molecular weight excluding hydrogens is 761 g/mol. The van der Waals surface area contributed by atoms with Crippen LogP contribution in [-0.4, -0.2) is 114 Å².